The molecule has 5 rings (SSSR count). The predicted molar refractivity (Wildman–Crippen MR) is 115 cm³/mol. The van der Waals surface area contributed by atoms with Crippen LogP contribution in [0.15, 0.2) is 53.1 Å². The first-order chi connectivity index (χ1) is 15.2. The molecule has 1 amide bonds. The highest BCUT2D eigenvalue weighted by Gasteiger charge is 2.35. The number of amides is 1. The number of benzene rings is 2. The van der Waals surface area contributed by atoms with Gasteiger partial charge in [-0.05, 0) is 42.5 Å². The summed E-state index contributed by atoms with van der Waals surface area (Å²) in [4.78, 5) is 22.1. The van der Waals surface area contributed by atoms with Gasteiger partial charge in [0.2, 0.25) is 17.6 Å². The summed E-state index contributed by atoms with van der Waals surface area (Å²) in [5, 5.41) is 4.16. The molecule has 3 heterocycles. The largest absolute Gasteiger partial charge is 0.497 e. The second-order valence-electron chi connectivity index (χ2n) is 8.17. The summed E-state index contributed by atoms with van der Waals surface area (Å²) in [5.41, 5.74) is 3.34. The molecule has 1 atom stereocenters. The number of methoxy groups -OCH3 is 1. The summed E-state index contributed by atoms with van der Waals surface area (Å²) in [6.07, 6.45) is 2.88. The second-order valence-corrected chi connectivity index (χ2v) is 8.17. The number of carbonyl (C=O) groups excluding carboxylic acids is 1. The van der Waals surface area contributed by atoms with E-state index >= 15 is 0 Å². The monoisotopic (exact) mass is 418 g/mol. The van der Waals surface area contributed by atoms with Crippen molar-refractivity contribution in [2.75, 3.05) is 20.2 Å². The van der Waals surface area contributed by atoms with Gasteiger partial charge in [-0.3, -0.25) is 9.69 Å². The van der Waals surface area contributed by atoms with E-state index in [2.05, 4.69) is 27.2 Å². The van der Waals surface area contributed by atoms with Crippen LogP contribution >= 0.6 is 0 Å². The molecule has 0 N–H and O–H groups in total. The van der Waals surface area contributed by atoms with E-state index in [-0.39, 0.29) is 11.9 Å². The number of likely N-dealkylation sites (tertiary alicyclic amines) is 1. The molecule has 31 heavy (non-hydrogen) atoms. The van der Waals surface area contributed by atoms with Gasteiger partial charge in [0.1, 0.15) is 5.75 Å². The molecule has 3 aromatic rings. The maximum absolute atomic E-state index is 13.3. The Hall–Kier alpha value is -3.19. The molecule has 1 fully saturated rings. The normalized spacial score (nSPS) is 18.7. The van der Waals surface area contributed by atoms with E-state index in [1.807, 2.05) is 41.3 Å². The first-order valence-electron chi connectivity index (χ1n) is 10.8. The summed E-state index contributed by atoms with van der Waals surface area (Å²) >= 11 is 0. The third-order valence-electron chi connectivity index (χ3n) is 6.18. The zero-order valence-corrected chi connectivity index (χ0v) is 17.7. The minimum absolute atomic E-state index is 0.208. The lowest BCUT2D eigenvalue weighted by Crippen LogP contribution is -2.50. The number of aromatic nitrogens is 2. The number of fused-ring (bicyclic) bond motifs is 1. The quantitative estimate of drug-likeness (QED) is 0.633. The van der Waals surface area contributed by atoms with Crippen molar-refractivity contribution >= 4 is 5.91 Å². The Bertz CT molecular complexity index is 1070. The van der Waals surface area contributed by atoms with Crippen LogP contribution in [0.25, 0.3) is 11.4 Å². The van der Waals surface area contributed by atoms with Crippen molar-refractivity contribution in [3.8, 4) is 17.1 Å². The van der Waals surface area contributed by atoms with Crippen LogP contribution < -0.4 is 4.74 Å². The molecule has 2 aliphatic heterocycles. The van der Waals surface area contributed by atoms with Crippen molar-refractivity contribution in [2.45, 2.75) is 38.4 Å². The summed E-state index contributed by atoms with van der Waals surface area (Å²) in [5.74, 6) is 1.98. The van der Waals surface area contributed by atoms with Crippen LogP contribution in [0.4, 0.5) is 0 Å². The van der Waals surface area contributed by atoms with Crippen molar-refractivity contribution in [3.63, 3.8) is 0 Å². The standard InChI is InChI=1S/C24H26N4O3/c1-30-20-10-6-9-18(13-20)23-25-22(31-26-23)16-28-15-19-8-3-2-7-17(19)14-21(28)24(29)27-11-4-5-12-27/h2-3,6-10,13,21H,4-5,11-12,14-16H2,1H3. The molecule has 0 bridgehead atoms. The number of hydrogen-bond donors (Lipinski definition) is 0. The summed E-state index contributed by atoms with van der Waals surface area (Å²) in [6.45, 7) is 2.84. The molecule has 1 unspecified atom stereocenters. The molecule has 1 aromatic heterocycles. The predicted octanol–water partition coefficient (Wildman–Crippen LogP) is 3.29. The summed E-state index contributed by atoms with van der Waals surface area (Å²) in [7, 11) is 1.63. The van der Waals surface area contributed by atoms with E-state index in [0.29, 0.717) is 31.2 Å². The average molecular weight is 418 g/mol. The number of carbonyl (C=O) groups is 1. The van der Waals surface area contributed by atoms with Gasteiger partial charge >= 0.3 is 0 Å². The smallest absolute Gasteiger partial charge is 0.241 e. The minimum atomic E-state index is -0.208. The third-order valence-corrected chi connectivity index (χ3v) is 6.18. The number of rotatable bonds is 5. The topological polar surface area (TPSA) is 71.7 Å². The van der Waals surface area contributed by atoms with Gasteiger partial charge in [0.05, 0.1) is 19.7 Å². The molecule has 0 aliphatic carbocycles. The lowest BCUT2D eigenvalue weighted by molar-refractivity contribution is -0.137. The van der Waals surface area contributed by atoms with Crippen LogP contribution in [0, 0.1) is 0 Å². The van der Waals surface area contributed by atoms with Gasteiger partial charge in [-0.25, -0.2) is 0 Å². The molecule has 2 aromatic carbocycles. The van der Waals surface area contributed by atoms with Crippen molar-refractivity contribution < 1.29 is 14.1 Å². The average Bonchev–Trinajstić information content (AvgIpc) is 3.51. The second kappa shape index (κ2) is 8.51. The van der Waals surface area contributed by atoms with Crippen LogP contribution in [-0.2, 0) is 24.3 Å². The van der Waals surface area contributed by atoms with Gasteiger partial charge in [-0.1, -0.05) is 41.6 Å². The Morgan fingerprint density at radius 2 is 1.94 bits per heavy atom. The summed E-state index contributed by atoms with van der Waals surface area (Å²) in [6, 6.07) is 15.7. The van der Waals surface area contributed by atoms with Crippen LogP contribution in [0.2, 0.25) is 0 Å². The van der Waals surface area contributed by atoms with Gasteiger partial charge < -0.3 is 14.2 Å². The van der Waals surface area contributed by atoms with Crippen LogP contribution in [0.1, 0.15) is 29.9 Å². The van der Waals surface area contributed by atoms with Crippen LogP contribution in [-0.4, -0.2) is 52.1 Å². The Balaban J connectivity index is 1.39. The maximum Gasteiger partial charge on any atom is 0.241 e. The van der Waals surface area contributed by atoms with E-state index in [4.69, 9.17) is 9.26 Å². The number of ether oxygens (including phenoxy) is 1. The molecule has 7 heteroatoms. The molecule has 0 radical (unpaired) electrons. The molecule has 0 spiro atoms. The highest BCUT2D eigenvalue weighted by atomic mass is 16.5. The van der Waals surface area contributed by atoms with E-state index in [9.17, 15) is 4.79 Å². The van der Waals surface area contributed by atoms with Crippen molar-refractivity contribution in [1.82, 2.24) is 19.9 Å². The first-order valence-corrected chi connectivity index (χ1v) is 10.8. The fraction of sp³-hybridized carbons (Fsp3) is 0.375. The Kier molecular flexibility index (Phi) is 5.42. The van der Waals surface area contributed by atoms with Gasteiger partial charge in [0.25, 0.3) is 0 Å². The van der Waals surface area contributed by atoms with Crippen molar-refractivity contribution in [2.24, 2.45) is 0 Å². The van der Waals surface area contributed by atoms with Crippen LogP contribution in [0.3, 0.4) is 0 Å². The van der Waals surface area contributed by atoms with E-state index in [0.717, 1.165) is 37.2 Å². The lowest BCUT2D eigenvalue weighted by atomic mass is 9.93. The molecule has 2 aliphatic rings. The summed E-state index contributed by atoms with van der Waals surface area (Å²) < 4.78 is 10.9. The lowest BCUT2D eigenvalue weighted by Gasteiger charge is -2.37. The Labute approximate surface area is 181 Å². The minimum Gasteiger partial charge on any atom is -0.497 e. The maximum atomic E-state index is 13.3. The third kappa shape index (κ3) is 4.05. The number of hydrogen-bond acceptors (Lipinski definition) is 6. The van der Waals surface area contributed by atoms with Crippen molar-refractivity contribution in [3.05, 3.63) is 65.5 Å². The molecular formula is C24H26N4O3. The van der Waals surface area contributed by atoms with Gasteiger partial charge in [0, 0.05) is 25.2 Å². The van der Waals surface area contributed by atoms with E-state index in [1.54, 1.807) is 7.11 Å². The molecular weight excluding hydrogens is 392 g/mol. The SMILES string of the molecule is COc1cccc(-c2noc(CN3Cc4ccccc4CC3C(=O)N3CCCC3)n2)c1. The van der Waals surface area contributed by atoms with E-state index in [1.165, 1.54) is 11.1 Å². The zero-order chi connectivity index (χ0) is 21.2. The fourth-order valence-corrected chi connectivity index (χ4v) is 4.51. The van der Waals surface area contributed by atoms with Gasteiger partial charge in [-0.2, -0.15) is 4.98 Å². The van der Waals surface area contributed by atoms with E-state index < -0.39 is 0 Å². The van der Waals surface area contributed by atoms with Gasteiger partial charge in [0.15, 0.2) is 0 Å². The molecule has 7 nitrogen and oxygen atoms in total. The highest BCUT2D eigenvalue weighted by molar-refractivity contribution is 5.83. The Morgan fingerprint density at radius 3 is 2.74 bits per heavy atom. The molecule has 160 valence electrons. The Morgan fingerprint density at radius 1 is 1.13 bits per heavy atom. The van der Waals surface area contributed by atoms with Crippen LogP contribution in [0.5, 0.6) is 5.75 Å². The molecule has 1 saturated heterocycles. The van der Waals surface area contributed by atoms with Crippen molar-refractivity contribution in [1.29, 1.82) is 0 Å². The first kappa shape index (κ1) is 19.8. The highest BCUT2D eigenvalue weighted by Crippen LogP contribution is 2.28. The zero-order valence-electron chi connectivity index (χ0n) is 17.7. The molecule has 0 saturated carbocycles. The van der Waals surface area contributed by atoms with Gasteiger partial charge in [-0.15, -0.1) is 0 Å². The number of nitrogens with zero attached hydrogens (tertiary/aromatic N) is 4. The fourth-order valence-electron chi connectivity index (χ4n) is 4.51.